The Balaban J connectivity index is 1.86. The van der Waals surface area contributed by atoms with Crippen molar-refractivity contribution in [2.45, 2.75) is 0 Å². The molecule has 1 heterocycles. The molecule has 0 unspecified atom stereocenters. The van der Waals surface area contributed by atoms with E-state index >= 15 is 0 Å². The van der Waals surface area contributed by atoms with Crippen LogP contribution in [-0.4, -0.2) is 21.3 Å². The summed E-state index contributed by atoms with van der Waals surface area (Å²) in [5.41, 5.74) is 3.10. The second kappa shape index (κ2) is 6.77. The number of hydrogen-bond donors (Lipinski definition) is 1. The molecule has 0 aliphatic carbocycles. The fraction of sp³-hybridized carbons (Fsp3) is 0. The third-order valence-corrected chi connectivity index (χ3v) is 3.79. The molecule has 2 aromatic carbocycles. The van der Waals surface area contributed by atoms with Crippen molar-refractivity contribution in [3.63, 3.8) is 0 Å². The lowest BCUT2D eigenvalue weighted by atomic mass is 10.2. The number of benzene rings is 2. The smallest absolute Gasteiger partial charge is 0.259 e. The molecule has 1 N–H and O–H groups in total. The van der Waals surface area contributed by atoms with Crippen LogP contribution in [0.5, 0.6) is 0 Å². The molecule has 24 heavy (non-hydrogen) atoms. The van der Waals surface area contributed by atoms with Crippen LogP contribution in [0.15, 0.2) is 47.6 Å². The second-order valence-corrected chi connectivity index (χ2v) is 5.49. The van der Waals surface area contributed by atoms with Crippen molar-refractivity contribution in [3.05, 3.63) is 68.3 Å². The largest absolute Gasteiger partial charge is 0.288 e. The first kappa shape index (κ1) is 16.1. The Labute approximate surface area is 146 Å². The number of anilines is 1. The summed E-state index contributed by atoms with van der Waals surface area (Å²) < 4.78 is 0. The summed E-state index contributed by atoms with van der Waals surface area (Å²) in [7, 11) is 0. The lowest BCUT2D eigenvalue weighted by Crippen LogP contribution is -1.98. The Bertz CT molecular complexity index is 962. The number of nitrogens with one attached hydrogen (secondary N) is 1. The highest BCUT2D eigenvalue weighted by Gasteiger charge is 2.12. The third-order valence-electron chi connectivity index (χ3n) is 3.19. The predicted octanol–water partition coefficient (Wildman–Crippen LogP) is 4.29. The van der Waals surface area contributed by atoms with Gasteiger partial charge in [-0.15, -0.1) is 10.2 Å². The molecule has 0 atom stereocenters. The van der Waals surface area contributed by atoms with Gasteiger partial charge in [0.25, 0.3) is 5.69 Å². The highest BCUT2D eigenvalue weighted by Crippen LogP contribution is 2.26. The van der Waals surface area contributed by atoms with Crippen LogP contribution in [0.1, 0.15) is 5.56 Å². The number of nitro groups is 1. The van der Waals surface area contributed by atoms with Crippen LogP contribution in [0.25, 0.3) is 10.8 Å². The maximum absolute atomic E-state index is 10.9. The number of rotatable bonds is 4. The topological polar surface area (TPSA) is 93.3 Å². The van der Waals surface area contributed by atoms with E-state index in [9.17, 15) is 10.1 Å². The number of aromatic nitrogens is 2. The summed E-state index contributed by atoms with van der Waals surface area (Å²) in [5.74, 6) is 0.426. The van der Waals surface area contributed by atoms with Crippen LogP contribution >= 0.6 is 23.2 Å². The molecular formula is C15H9Cl2N5O2. The van der Waals surface area contributed by atoms with Crippen molar-refractivity contribution in [1.29, 1.82) is 0 Å². The number of fused-ring (bicyclic) bond motifs is 1. The van der Waals surface area contributed by atoms with Crippen molar-refractivity contribution in [1.82, 2.24) is 10.2 Å². The number of hydrogen-bond acceptors (Lipinski definition) is 6. The first-order valence-electron chi connectivity index (χ1n) is 6.70. The molecule has 3 rings (SSSR count). The average molecular weight is 362 g/mol. The fourth-order valence-electron chi connectivity index (χ4n) is 2.07. The van der Waals surface area contributed by atoms with Crippen molar-refractivity contribution >= 4 is 51.7 Å². The van der Waals surface area contributed by atoms with Gasteiger partial charge >= 0.3 is 0 Å². The molecule has 120 valence electrons. The minimum atomic E-state index is -0.550. The van der Waals surface area contributed by atoms with Gasteiger partial charge in [-0.05, 0) is 6.07 Å². The molecule has 0 aliphatic rings. The van der Waals surface area contributed by atoms with E-state index in [-0.39, 0.29) is 10.7 Å². The zero-order valence-corrected chi connectivity index (χ0v) is 13.5. The summed E-state index contributed by atoms with van der Waals surface area (Å²) in [4.78, 5) is 10.3. The first-order valence-corrected chi connectivity index (χ1v) is 7.46. The van der Waals surface area contributed by atoms with Crippen molar-refractivity contribution in [2.24, 2.45) is 5.10 Å². The molecular weight excluding hydrogens is 353 g/mol. The SMILES string of the molecule is O=[N+]([O-])c1cc(/C=N/Nc2nnc(Cl)c3ccccc23)ccc1Cl. The van der Waals surface area contributed by atoms with Crippen molar-refractivity contribution in [2.75, 3.05) is 5.43 Å². The average Bonchev–Trinajstić information content (AvgIpc) is 2.58. The summed E-state index contributed by atoms with van der Waals surface area (Å²) in [6, 6.07) is 11.7. The molecule has 9 heteroatoms. The molecule has 7 nitrogen and oxygen atoms in total. The van der Waals surface area contributed by atoms with Crippen molar-refractivity contribution in [3.8, 4) is 0 Å². The molecule has 0 aliphatic heterocycles. The van der Waals surface area contributed by atoms with Crippen LogP contribution in [-0.2, 0) is 0 Å². The molecule has 1 aromatic heterocycles. The Morgan fingerprint density at radius 1 is 1.12 bits per heavy atom. The van der Waals surface area contributed by atoms with Gasteiger partial charge in [-0.3, -0.25) is 15.5 Å². The molecule has 0 fully saturated rings. The quantitative estimate of drug-likeness (QED) is 0.425. The highest BCUT2D eigenvalue weighted by molar-refractivity contribution is 6.34. The van der Waals surface area contributed by atoms with Gasteiger partial charge in [0.15, 0.2) is 11.0 Å². The van der Waals surface area contributed by atoms with E-state index in [0.717, 1.165) is 10.8 Å². The highest BCUT2D eigenvalue weighted by atomic mass is 35.5. The maximum Gasteiger partial charge on any atom is 0.288 e. The number of halogens is 2. The summed E-state index contributed by atoms with van der Waals surface area (Å²) in [6.45, 7) is 0. The molecule has 0 amide bonds. The fourth-order valence-corrected chi connectivity index (χ4v) is 2.46. The van der Waals surface area contributed by atoms with Gasteiger partial charge in [0.1, 0.15) is 5.02 Å². The van der Waals surface area contributed by atoms with E-state index < -0.39 is 4.92 Å². The van der Waals surface area contributed by atoms with E-state index in [1.807, 2.05) is 24.3 Å². The number of hydrazone groups is 1. The van der Waals surface area contributed by atoms with Crippen LogP contribution in [0, 0.1) is 10.1 Å². The zero-order chi connectivity index (χ0) is 17.1. The predicted molar refractivity (Wildman–Crippen MR) is 93.9 cm³/mol. The van der Waals surface area contributed by atoms with E-state index in [4.69, 9.17) is 23.2 Å². The zero-order valence-electron chi connectivity index (χ0n) is 12.0. The third kappa shape index (κ3) is 3.27. The number of nitrogens with zero attached hydrogens (tertiary/aromatic N) is 4. The van der Waals surface area contributed by atoms with Crippen LogP contribution in [0.4, 0.5) is 11.5 Å². The number of nitro benzene ring substituents is 1. The van der Waals surface area contributed by atoms with E-state index in [1.165, 1.54) is 18.3 Å². The first-order chi connectivity index (χ1) is 11.6. The van der Waals surface area contributed by atoms with Crippen LogP contribution < -0.4 is 5.43 Å². The molecule has 0 radical (unpaired) electrons. The van der Waals surface area contributed by atoms with Crippen LogP contribution in [0.2, 0.25) is 10.2 Å². The van der Waals surface area contributed by atoms with Crippen LogP contribution in [0.3, 0.4) is 0 Å². The molecule has 0 bridgehead atoms. The van der Waals surface area contributed by atoms with E-state index in [1.54, 1.807) is 6.07 Å². The van der Waals surface area contributed by atoms with Gasteiger partial charge in [-0.25, -0.2) is 0 Å². The minimum Gasteiger partial charge on any atom is -0.259 e. The molecule has 3 aromatic rings. The Kier molecular flexibility index (Phi) is 4.54. The van der Waals surface area contributed by atoms with Gasteiger partial charge in [0.05, 0.1) is 11.1 Å². The summed E-state index contributed by atoms with van der Waals surface area (Å²) in [6.07, 6.45) is 1.42. The van der Waals surface area contributed by atoms with Gasteiger partial charge < -0.3 is 0 Å². The van der Waals surface area contributed by atoms with Gasteiger partial charge in [-0.1, -0.05) is 53.5 Å². The maximum atomic E-state index is 10.9. The second-order valence-electron chi connectivity index (χ2n) is 4.72. The van der Waals surface area contributed by atoms with Gasteiger partial charge in [0, 0.05) is 22.4 Å². The summed E-state index contributed by atoms with van der Waals surface area (Å²) in [5, 5.41) is 24.6. The monoisotopic (exact) mass is 361 g/mol. The normalized spacial score (nSPS) is 11.1. The van der Waals surface area contributed by atoms with E-state index in [2.05, 4.69) is 20.7 Å². The lowest BCUT2D eigenvalue weighted by molar-refractivity contribution is -0.384. The lowest BCUT2D eigenvalue weighted by Gasteiger charge is -2.04. The Morgan fingerprint density at radius 3 is 2.62 bits per heavy atom. The Morgan fingerprint density at radius 2 is 1.88 bits per heavy atom. The molecule has 0 saturated heterocycles. The van der Waals surface area contributed by atoms with E-state index in [0.29, 0.717) is 16.5 Å². The van der Waals surface area contributed by atoms with Gasteiger partial charge in [0.2, 0.25) is 0 Å². The molecule has 0 saturated carbocycles. The summed E-state index contributed by atoms with van der Waals surface area (Å²) >= 11 is 11.8. The minimum absolute atomic E-state index is 0.0691. The standard InChI is InChI=1S/C15H9Cl2N5O2/c16-12-6-5-9(7-13(12)22(23)24)8-18-20-15-11-4-2-1-3-10(11)14(17)19-21-15/h1-8H,(H,20,21)/b18-8+. The Hall–Kier alpha value is -2.77. The van der Waals surface area contributed by atoms with Crippen molar-refractivity contribution < 1.29 is 4.92 Å². The molecule has 0 spiro atoms. The van der Waals surface area contributed by atoms with Gasteiger partial charge in [-0.2, -0.15) is 5.10 Å².